The van der Waals surface area contributed by atoms with E-state index in [0.717, 1.165) is 53.3 Å². The van der Waals surface area contributed by atoms with Crippen LogP contribution in [0.3, 0.4) is 0 Å². The molecule has 4 aromatic rings. The predicted octanol–water partition coefficient (Wildman–Crippen LogP) is 6.94. The largest absolute Gasteiger partial charge is 0.493 e. The fraction of sp³-hybridized carbons (Fsp3) is 0.276. The molecule has 0 amide bonds. The maximum absolute atomic E-state index is 6.09. The average molecular weight is 441 g/mol. The van der Waals surface area contributed by atoms with Gasteiger partial charge in [0, 0.05) is 6.54 Å². The molecule has 0 saturated carbocycles. The Kier molecular flexibility index (Phi) is 7.46. The zero-order valence-electron chi connectivity index (χ0n) is 19.5. The van der Waals surface area contributed by atoms with E-state index in [4.69, 9.17) is 14.5 Å². The van der Waals surface area contributed by atoms with Crippen molar-refractivity contribution >= 4 is 11.0 Å². The van der Waals surface area contributed by atoms with Crippen molar-refractivity contribution in [3.05, 3.63) is 102 Å². The summed E-state index contributed by atoms with van der Waals surface area (Å²) >= 11 is 0. The van der Waals surface area contributed by atoms with Crippen molar-refractivity contribution in [3.63, 3.8) is 0 Å². The highest BCUT2D eigenvalue weighted by atomic mass is 16.5. The number of aryl methyl sites for hydroxylation is 1. The Hall–Kier alpha value is -3.53. The summed E-state index contributed by atoms with van der Waals surface area (Å²) in [5.74, 6) is 3.23. The first kappa shape index (κ1) is 22.7. The summed E-state index contributed by atoms with van der Waals surface area (Å²) < 4.78 is 14.4. The monoisotopic (exact) mass is 440 g/mol. The minimum absolute atomic E-state index is 0.429. The third kappa shape index (κ3) is 5.64. The molecule has 4 nitrogen and oxygen atoms in total. The molecule has 33 heavy (non-hydrogen) atoms. The van der Waals surface area contributed by atoms with Gasteiger partial charge >= 0.3 is 0 Å². The zero-order chi connectivity index (χ0) is 23.0. The van der Waals surface area contributed by atoms with E-state index in [1.54, 1.807) is 0 Å². The third-order valence-electron chi connectivity index (χ3n) is 5.77. The summed E-state index contributed by atoms with van der Waals surface area (Å²) in [6, 6.07) is 24.7. The van der Waals surface area contributed by atoms with Crippen LogP contribution in [-0.4, -0.2) is 16.2 Å². The minimum atomic E-state index is 0.429. The van der Waals surface area contributed by atoms with Gasteiger partial charge in [-0.15, -0.1) is 6.58 Å². The number of fused-ring (bicyclic) bond motifs is 1. The highest BCUT2D eigenvalue weighted by Crippen LogP contribution is 2.22. The van der Waals surface area contributed by atoms with Gasteiger partial charge in [0.15, 0.2) is 0 Å². The Balaban J connectivity index is 1.42. The number of hydrogen-bond acceptors (Lipinski definition) is 3. The van der Waals surface area contributed by atoms with Gasteiger partial charge in [0.05, 0.1) is 17.6 Å². The third-order valence-corrected chi connectivity index (χ3v) is 5.77. The summed E-state index contributed by atoms with van der Waals surface area (Å²) in [6.07, 6.45) is 3.59. The Morgan fingerprint density at radius 3 is 2.48 bits per heavy atom. The van der Waals surface area contributed by atoms with E-state index in [0.29, 0.717) is 19.1 Å². The fourth-order valence-electron chi connectivity index (χ4n) is 3.96. The standard InChI is InChI=1S/C29H32N2O2/c1-4-10-24-11-5-8-14-28(24)32-20-9-19-31-27-13-7-6-12-26(27)30-29(31)21-33-25-17-15-23(16-18-25)22(2)3/h4-8,11-18,22H,1,9-10,19-21H2,2-3H3. The van der Waals surface area contributed by atoms with E-state index in [-0.39, 0.29) is 0 Å². The SMILES string of the molecule is C=CCc1ccccc1OCCCn1c(COc2ccc(C(C)C)cc2)nc2ccccc21. The molecule has 1 aromatic heterocycles. The lowest BCUT2D eigenvalue weighted by Gasteiger charge is -2.13. The van der Waals surface area contributed by atoms with E-state index in [1.807, 2.05) is 42.5 Å². The van der Waals surface area contributed by atoms with E-state index >= 15 is 0 Å². The molecule has 0 atom stereocenters. The van der Waals surface area contributed by atoms with Crippen LogP contribution in [0.15, 0.2) is 85.5 Å². The van der Waals surface area contributed by atoms with Crippen LogP contribution in [0.5, 0.6) is 11.5 Å². The van der Waals surface area contributed by atoms with Gasteiger partial charge in [0.1, 0.15) is 23.9 Å². The van der Waals surface area contributed by atoms with Crippen molar-refractivity contribution in [2.45, 2.75) is 45.8 Å². The van der Waals surface area contributed by atoms with Crippen LogP contribution >= 0.6 is 0 Å². The number of hydrogen-bond donors (Lipinski definition) is 0. The van der Waals surface area contributed by atoms with E-state index < -0.39 is 0 Å². The van der Waals surface area contributed by atoms with Gasteiger partial charge in [-0.2, -0.15) is 0 Å². The van der Waals surface area contributed by atoms with E-state index in [2.05, 4.69) is 61.4 Å². The molecule has 1 heterocycles. The summed E-state index contributed by atoms with van der Waals surface area (Å²) in [4.78, 5) is 4.83. The van der Waals surface area contributed by atoms with Crippen molar-refractivity contribution < 1.29 is 9.47 Å². The molecule has 0 fully saturated rings. The van der Waals surface area contributed by atoms with Crippen LogP contribution in [0.2, 0.25) is 0 Å². The van der Waals surface area contributed by atoms with Crippen LogP contribution in [0.4, 0.5) is 0 Å². The molecule has 170 valence electrons. The van der Waals surface area contributed by atoms with Crippen molar-refractivity contribution in [2.24, 2.45) is 0 Å². The second-order valence-electron chi connectivity index (χ2n) is 8.48. The molecule has 0 radical (unpaired) electrons. The van der Waals surface area contributed by atoms with Gasteiger partial charge in [-0.05, 0) is 60.2 Å². The molecule has 4 rings (SSSR count). The molecule has 0 aliphatic rings. The Morgan fingerprint density at radius 1 is 0.939 bits per heavy atom. The summed E-state index contributed by atoms with van der Waals surface area (Å²) in [5, 5.41) is 0. The van der Waals surface area contributed by atoms with Crippen molar-refractivity contribution in [2.75, 3.05) is 6.61 Å². The van der Waals surface area contributed by atoms with Gasteiger partial charge in [-0.3, -0.25) is 0 Å². The van der Waals surface area contributed by atoms with Crippen LogP contribution in [-0.2, 0) is 19.6 Å². The lowest BCUT2D eigenvalue weighted by molar-refractivity contribution is 0.279. The number of nitrogens with zero attached hydrogens (tertiary/aromatic N) is 2. The minimum Gasteiger partial charge on any atom is -0.493 e. The maximum Gasteiger partial charge on any atom is 0.147 e. The van der Waals surface area contributed by atoms with Crippen LogP contribution < -0.4 is 9.47 Å². The van der Waals surface area contributed by atoms with E-state index in [9.17, 15) is 0 Å². The fourth-order valence-corrected chi connectivity index (χ4v) is 3.96. The normalized spacial score (nSPS) is 11.1. The Labute approximate surface area is 196 Å². The summed E-state index contributed by atoms with van der Waals surface area (Å²) in [7, 11) is 0. The number of aromatic nitrogens is 2. The van der Waals surface area contributed by atoms with Gasteiger partial charge in [-0.25, -0.2) is 4.98 Å². The molecule has 4 heteroatoms. The summed E-state index contributed by atoms with van der Waals surface area (Å²) in [6.45, 7) is 10.1. The smallest absolute Gasteiger partial charge is 0.147 e. The zero-order valence-corrected chi connectivity index (χ0v) is 19.5. The molecule has 0 aliphatic heterocycles. The molecule has 0 unspecified atom stereocenters. The number of imidazole rings is 1. The van der Waals surface area contributed by atoms with Crippen LogP contribution in [0, 0.1) is 0 Å². The quantitative estimate of drug-likeness (QED) is 0.187. The molecule has 0 aliphatic carbocycles. The highest BCUT2D eigenvalue weighted by Gasteiger charge is 2.12. The number of allylic oxidation sites excluding steroid dienone is 1. The van der Waals surface area contributed by atoms with Crippen molar-refractivity contribution in [1.29, 1.82) is 0 Å². The highest BCUT2D eigenvalue weighted by molar-refractivity contribution is 5.75. The predicted molar refractivity (Wildman–Crippen MR) is 135 cm³/mol. The van der Waals surface area contributed by atoms with Crippen LogP contribution in [0.1, 0.15) is 43.1 Å². The second kappa shape index (κ2) is 10.9. The van der Waals surface area contributed by atoms with Gasteiger partial charge in [-0.1, -0.05) is 62.4 Å². The number of ether oxygens (including phenoxy) is 2. The van der Waals surface area contributed by atoms with Gasteiger partial charge in [0.2, 0.25) is 0 Å². The molecule has 3 aromatic carbocycles. The molecular formula is C29H32N2O2. The second-order valence-corrected chi connectivity index (χ2v) is 8.48. The Morgan fingerprint density at radius 2 is 1.70 bits per heavy atom. The van der Waals surface area contributed by atoms with E-state index in [1.165, 1.54) is 5.56 Å². The molecule has 0 saturated heterocycles. The van der Waals surface area contributed by atoms with Crippen LogP contribution in [0.25, 0.3) is 11.0 Å². The number of benzene rings is 3. The Bertz CT molecular complexity index is 1190. The lowest BCUT2D eigenvalue weighted by atomic mass is 10.0. The number of para-hydroxylation sites is 3. The molecule has 0 N–H and O–H groups in total. The van der Waals surface area contributed by atoms with Gasteiger partial charge < -0.3 is 14.0 Å². The van der Waals surface area contributed by atoms with Gasteiger partial charge in [0.25, 0.3) is 0 Å². The van der Waals surface area contributed by atoms with Crippen molar-refractivity contribution in [3.8, 4) is 11.5 Å². The molecular weight excluding hydrogens is 408 g/mol. The topological polar surface area (TPSA) is 36.3 Å². The first-order valence-corrected chi connectivity index (χ1v) is 11.6. The molecule has 0 bridgehead atoms. The van der Waals surface area contributed by atoms with Crippen molar-refractivity contribution in [1.82, 2.24) is 9.55 Å². The summed E-state index contributed by atoms with van der Waals surface area (Å²) in [5.41, 5.74) is 4.59. The molecule has 0 spiro atoms. The maximum atomic E-state index is 6.09. The first-order valence-electron chi connectivity index (χ1n) is 11.6. The number of rotatable bonds is 11. The lowest BCUT2D eigenvalue weighted by Crippen LogP contribution is -2.10. The first-order chi connectivity index (χ1) is 16.2. The average Bonchev–Trinajstić information content (AvgIpc) is 3.19.